The second-order valence-electron chi connectivity index (χ2n) is 2.44. The smallest absolute Gasteiger partial charge is 0.0325 e. The van der Waals surface area contributed by atoms with Crippen LogP contribution in [0.3, 0.4) is 0 Å². The van der Waals surface area contributed by atoms with Crippen LogP contribution in [-0.4, -0.2) is 0 Å². The van der Waals surface area contributed by atoms with E-state index in [-0.39, 0.29) is 0 Å². The highest BCUT2D eigenvalue weighted by molar-refractivity contribution is 4.72. The maximum atomic E-state index is 3.82. The zero-order valence-corrected chi connectivity index (χ0v) is 6.40. The molecule has 0 aromatic rings. The van der Waals surface area contributed by atoms with E-state index in [0.29, 0.717) is 0 Å². The Labute approximate surface area is 59.0 Å². The van der Waals surface area contributed by atoms with Gasteiger partial charge in [-0.05, 0) is 12.3 Å². The molecule has 0 aliphatic heterocycles. The van der Waals surface area contributed by atoms with E-state index in [0.717, 1.165) is 18.8 Å². The first-order valence-corrected chi connectivity index (χ1v) is 3.75. The SMILES string of the molecule is [CH2]CCC(CC)CC=C. The molecule has 1 atom stereocenters. The van der Waals surface area contributed by atoms with Gasteiger partial charge in [-0.2, -0.15) is 0 Å². The standard InChI is InChI=1S/C9H17/c1-4-7-9(6-3)8-5-2/h4,9H,1-2,5-8H2,3H3. The van der Waals surface area contributed by atoms with Gasteiger partial charge >= 0.3 is 0 Å². The van der Waals surface area contributed by atoms with Crippen molar-refractivity contribution in [2.24, 2.45) is 5.92 Å². The van der Waals surface area contributed by atoms with Gasteiger partial charge in [0.25, 0.3) is 0 Å². The normalized spacial score (nSPS) is 13.1. The van der Waals surface area contributed by atoms with Gasteiger partial charge in [-0.25, -0.2) is 0 Å². The first-order chi connectivity index (χ1) is 4.35. The van der Waals surface area contributed by atoms with Gasteiger partial charge < -0.3 is 0 Å². The predicted molar refractivity (Wildman–Crippen MR) is 43.2 cm³/mol. The molecule has 0 fully saturated rings. The molecule has 0 aliphatic carbocycles. The topological polar surface area (TPSA) is 0 Å². The third kappa shape index (κ3) is 4.26. The molecule has 0 bridgehead atoms. The van der Waals surface area contributed by atoms with Crippen molar-refractivity contribution in [3.05, 3.63) is 19.6 Å². The molecule has 0 N–H and O–H groups in total. The zero-order valence-electron chi connectivity index (χ0n) is 6.40. The highest BCUT2D eigenvalue weighted by atomic mass is 14.1. The lowest BCUT2D eigenvalue weighted by Crippen LogP contribution is -1.95. The van der Waals surface area contributed by atoms with Crippen LogP contribution < -0.4 is 0 Å². The maximum absolute atomic E-state index is 3.82. The van der Waals surface area contributed by atoms with E-state index in [1.54, 1.807) is 0 Å². The van der Waals surface area contributed by atoms with Crippen molar-refractivity contribution in [3.63, 3.8) is 0 Å². The Morgan fingerprint density at radius 2 is 2.22 bits per heavy atom. The minimum atomic E-state index is 0.833. The average molecular weight is 125 g/mol. The third-order valence-electron chi connectivity index (χ3n) is 1.69. The van der Waals surface area contributed by atoms with Gasteiger partial charge in [-0.15, -0.1) is 6.58 Å². The molecule has 0 aromatic carbocycles. The zero-order chi connectivity index (χ0) is 7.11. The Hall–Kier alpha value is -0.260. The lowest BCUT2D eigenvalue weighted by Gasteiger charge is -2.08. The van der Waals surface area contributed by atoms with Crippen molar-refractivity contribution in [2.45, 2.75) is 32.6 Å². The molecule has 0 saturated heterocycles. The first-order valence-electron chi connectivity index (χ1n) is 3.75. The van der Waals surface area contributed by atoms with Gasteiger partial charge in [-0.1, -0.05) is 39.2 Å². The summed E-state index contributed by atoms with van der Waals surface area (Å²) in [4.78, 5) is 0. The van der Waals surface area contributed by atoms with E-state index in [9.17, 15) is 0 Å². The molecule has 0 nitrogen and oxygen atoms in total. The average Bonchev–Trinajstić information content (AvgIpc) is 1.88. The van der Waals surface area contributed by atoms with Gasteiger partial charge in [0.1, 0.15) is 0 Å². The fourth-order valence-electron chi connectivity index (χ4n) is 1.01. The molecular formula is C9H17. The van der Waals surface area contributed by atoms with Crippen LogP contribution in [0.2, 0.25) is 0 Å². The van der Waals surface area contributed by atoms with Crippen molar-refractivity contribution < 1.29 is 0 Å². The summed E-state index contributed by atoms with van der Waals surface area (Å²) in [6.45, 7) is 9.76. The van der Waals surface area contributed by atoms with Crippen molar-refractivity contribution in [1.82, 2.24) is 0 Å². The molecule has 0 amide bonds. The minimum Gasteiger partial charge on any atom is -0.103 e. The van der Waals surface area contributed by atoms with Crippen LogP contribution in [0.25, 0.3) is 0 Å². The monoisotopic (exact) mass is 125 g/mol. The van der Waals surface area contributed by atoms with Crippen LogP contribution in [0.1, 0.15) is 32.6 Å². The number of hydrogen-bond acceptors (Lipinski definition) is 0. The number of hydrogen-bond donors (Lipinski definition) is 0. The van der Waals surface area contributed by atoms with Crippen LogP contribution >= 0.6 is 0 Å². The highest BCUT2D eigenvalue weighted by Gasteiger charge is 2.00. The lowest BCUT2D eigenvalue weighted by atomic mass is 9.97. The molecule has 9 heavy (non-hydrogen) atoms. The van der Waals surface area contributed by atoms with Gasteiger partial charge in [0.2, 0.25) is 0 Å². The third-order valence-corrected chi connectivity index (χ3v) is 1.69. The molecule has 0 heterocycles. The Balaban J connectivity index is 3.28. The number of rotatable bonds is 5. The van der Waals surface area contributed by atoms with Gasteiger partial charge in [0.15, 0.2) is 0 Å². The predicted octanol–water partition coefficient (Wildman–Crippen LogP) is 3.20. The summed E-state index contributed by atoms with van der Waals surface area (Å²) in [5, 5.41) is 0. The molecule has 0 aliphatic rings. The van der Waals surface area contributed by atoms with Crippen molar-refractivity contribution >= 4 is 0 Å². The van der Waals surface area contributed by atoms with E-state index < -0.39 is 0 Å². The fraction of sp³-hybridized carbons (Fsp3) is 0.667. The van der Waals surface area contributed by atoms with E-state index in [1.165, 1.54) is 12.8 Å². The maximum Gasteiger partial charge on any atom is -0.0325 e. The summed E-state index contributed by atoms with van der Waals surface area (Å²) in [7, 11) is 0. The van der Waals surface area contributed by atoms with Crippen molar-refractivity contribution in [1.29, 1.82) is 0 Å². The molecule has 0 aromatic heterocycles. The van der Waals surface area contributed by atoms with E-state index in [1.807, 2.05) is 6.08 Å². The van der Waals surface area contributed by atoms with Crippen molar-refractivity contribution in [3.8, 4) is 0 Å². The van der Waals surface area contributed by atoms with E-state index in [4.69, 9.17) is 0 Å². The highest BCUT2D eigenvalue weighted by Crippen LogP contribution is 2.14. The fourth-order valence-corrected chi connectivity index (χ4v) is 1.01. The van der Waals surface area contributed by atoms with Crippen LogP contribution in [0.15, 0.2) is 12.7 Å². The molecule has 0 rings (SSSR count). The van der Waals surface area contributed by atoms with Gasteiger partial charge in [0, 0.05) is 0 Å². The lowest BCUT2D eigenvalue weighted by molar-refractivity contribution is 0.480. The van der Waals surface area contributed by atoms with Crippen molar-refractivity contribution in [2.75, 3.05) is 0 Å². The second-order valence-corrected chi connectivity index (χ2v) is 2.44. The Kier molecular flexibility index (Phi) is 5.70. The molecule has 0 heteroatoms. The van der Waals surface area contributed by atoms with Crippen LogP contribution in [0.5, 0.6) is 0 Å². The van der Waals surface area contributed by atoms with Gasteiger partial charge in [0.05, 0.1) is 0 Å². The summed E-state index contributed by atoms with van der Waals surface area (Å²) >= 11 is 0. The largest absolute Gasteiger partial charge is 0.103 e. The Morgan fingerprint density at radius 1 is 1.56 bits per heavy atom. The molecule has 0 saturated carbocycles. The second kappa shape index (κ2) is 5.87. The van der Waals surface area contributed by atoms with Gasteiger partial charge in [-0.3, -0.25) is 0 Å². The number of allylic oxidation sites excluding steroid dienone is 1. The first kappa shape index (κ1) is 8.74. The molecule has 0 spiro atoms. The summed E-state index contributed by atoms with van der Waals surface area (Å²) < 4.78 is 0. The summed E-state index contributed by atoms with van der Waals surface area (Å²) in [6, 6.07) is 0. The van der Waals surface area contributed by atoms with E-state index in [2.05, 4.69) is 20.4 Å². The van der Waals surface area contributed by atoms with Crippen LogP contribution in [-0.2, 0) is 0 Å². The summed E-state index contributed by atoms with van der Waals surface area (Å²) in [6.07, 6.45) is 6.74. The molecular weight excluding hydrogens is 108 g/mol. The molecule has 1 unspecified atom stereocenters. The van der Waals surface area contributed by atoms with Crippen LogP contribution in [0.4, 0.5) is 0 Å². The minimum absolute atomic E-state index is 0.833. The Morgan fingerprint density at radius 3 is 2.56 bits per heavy atom. The molecule has 53 valence electrons. The molecule has 1 radical (unpaired) electrons. The quantitative estimate of drug-likeness (QED) is 0.495. The van der Waals surface area contributed by atoms with Crippen LogP contribution in [0, 0.1) is 12.8 Å². The van der Waals surface area contributed by atoms with E-state index >= 15 is 0 Å². The summed E-state index contributed by atoms with van der Waals surface area (Å²) in [5.41, 5.74) is 0. The summed E-state index contributed by atoms with van der Waals surface area (Å²) in [5.74, 6) is 0.833. The Bertz CT molecular complexity index is 64.4.